The third-order valence-electron chi connectivity index (χ3n) is 7.39. The van der Waals surface area contributed by atoms with Crippen molar-refractivity contribution in [2.24, 2.45) is 0 Å². The van der Waals surface area contributed by atoms with Gasteiger partial charge in [-0.25, -0.2) is 4.79 Å². The first-order chi connectivity index (χ1) is 19.9. The molecular formula is C32H31NO8. The van der Waals surface area contributed by atoms with E-state index in [9.17, 15) is 9.59 Å². The SMILES string of the molecule is COc1ccc(-c2c(C)n(CCc3ccc(OC)c(OC)c3)c3c(=O)oc4cc(OC)c(OC)cc4c23)cc1C=O. The second kappa shape index (κ2) is 11.3. The molecule has 0 aliphatic carbocycles. The molecular weight excluding hydrogens is 526 g/mol. The highest BCUT2D eigenvalue weighted by molar-refractivity contribution is 6.13. The van der Waals surface area contributed by atoms with Gasteiger partial charge in [0.1, 0.15) is 16.8 Å². The molecule has 2 heterocycles. The second-order valence-electron chi connectivity index (χ2n) is 9.44. The lowest BCUT2D eigenvalue weighted by atomic mass is 9.98. The summed E-state index contributed by atoms with van der Waals surface area (Å²) in [6, 6.07) is 14.6. The fourth-order valence-electron chi connectivity index (χ4n) is 5.39. The number of methoxy groups -OCH3 is 5. The number of benzene rings is 3. The van der Waals surface area contributed by atoms with E-state index in [1.807, 2.05) is 41.8 Å². The van der Waals surface area contributed by atoms with E-state index < -0.39 is 5.63 Å². The summed E-state index contributed by atoms with van der Waals surface area (Å²) in [5.74, 6) is 2.69. The van der Waals surface area contributed by atoms with E-state index in [2.05, 4.69) is 0 Å². The first-order valence-corrected chi connectivity index (χ1v) is 12.9. The summed E-state index contributed by atoms with van der Waals surface area (Å²) >= 11 is 0. The van der Waals surface area contributed by atoms with Crippen LogP contribution in [0.4, 0.5) is 0 Å². The van der Waals surface area contributed by atoms with Gasteiger partial charge in [-0.1, -0.05) is 12.1 Å². The Morgan fingerprint density at radius 3 is 2.07 bits per heavy atom. The van der Waals surface area contributed by atoms with E-state index in [0.717, 1.165) is 28.7 Å². The van der Waals surface area contributed by atoms with Crippen LogP contribution in [0.3, 0.4) is 0 Å². The minimum absolute atomic E-state index is 0.363. The van der Waals surface area contributed by atoms with Crippen molar-refractivity contribution in [1.82, 2.24) is 4.57 Å². The molecule has 212 valence electrons. The second-order valence-corrected chi connectivity index (χ2v) is 9.44. The molecule has 0 unspecified atom stereocenters. The van der Waals surface area contributed by atoms with Gasteiger partial charge in [0.25, 0.3) is 0 Å². The summed E-state index contributed by atoms with van der Waals surface area (Å²) < 4.78 is 35.1. The van der Waals surface area contributed by atoms with Crippen molar-refractivity contribution in [3.8, 4) is 39.9 Å². The molecule has 0 radical (unpaired) electrons. The van der Waals surface area contributed by atoms with E-state index in [1.54, 1.807) is 39.5 Å². The number of rotatable bonds is 10. The molecule has 41 heavy (non-hydrogen) atoms. The Morgan fingerprint density at radius 1 is 0.780 bits per heavy atom. The Kier molecular flexibility index (Phi) is 7.61. The highest BCUT2D eigenvalue weighted by Crippen LogP contribution is 2.42. The highest BCUT2D eigenvalue weighted by atomic mass is 16.5. The zero-order chi connectivity index (χ0) is 29.3. The molecule has 0 saturated heterocycles. The molecule has 0 aliphatic heterocycles. The van der Waals surface area contributed by atoms with Crippen molar-refractivity contribution in [2.75, 3.05) is 35.5 Å². The van der Waals surface area contributed by atoms with Crippen molar-refractivity contribution in [3.05, 3.63) is 75.8 Å². The molecule has 0 atom stereocenters. The Labute approximate surface area is 236 Å². The van der Waals surface area contributed by atoms with Gasteiger partial charge in [-0.3, -0.25) is 4.79 Å². The lowest BCUT2D eigenvalue weighted by Gasteiger charge is -2.12. The molecule has 0 amide bonds. The van der Waals surface area contributed by atoms with Crippen LogP contribution in [0.2, 0.25) is 0 Å². The predicted octanol–water partition coefficient (Wildman–Crippen LogP) is 5.82. The van der Waals surface area contributed by atoms with Crippen LogP contribution in [0.25, 0.3) is 33.0 Å². The largest absolute Gasteiger partial charge is 0.496 e. The number of hydrogen-bond donors (Lipinski definition) is 0. The van der Waals surface area contributed by atoms with Crippen LogP contribution in [0.1, 0.15) is 21.6 Å². The molecule has 0 bridgehead atoms. The quantitative estimate of drug-likeness (QED) is 0.156. The van der Waals surface area contributed by atoms with Crippen LogP contribution in [0.15, 0.2) is 57.7 Å². The van der Waals surface area contributed by atoms with E-state index in [0.29, 0.717) is 69.1 Å². The van der Waals surface area contributed by atoms with Crippen LogP contribution >= 0.6 is 0 Å². The summed E-state index contributed by atoms with van der Waals surface area (Å²) in [4.78, 5) is 25.5. The molecule has 9 nitrogen and oxygen atoms in total. The number of carbonyl (C=O) groups excluding carboxylic acids is 1. The first-order valence-electron chi connectivity index (χ1n) is 12.9. The van der Waals surface area contributed by atoms with E-state index in [1.165, 1.54) is 14.2 Å². The third kappa shape index (κ3) is 4.73. The van der Waals surface area contributed by atoms with Crippen LogP contribution < -0.4 is 29.3 Å². The van der Waals surface area contributed by atoms with Crippen LogP contribution in [0.5, 0.6) is 28.7 Å². The zero-order valence-corrected chi connectivity index (χ0v) is 23.8. The van der Waals surface area contributed by atoms with E-state index >= 15 is 0 Å². The van der Waals surface area contributed by atoms with Gasteiger partial charge in [-0.2, -0.15) is 0 Å². The maximum absolute atomic E-state index is 13.6. The molecule has 0 spiro atoms. The summed E-state index contributed by atoms with van der Waals surface area (Å²) in [5, 5.41) is 1.38. The standard InChI is InChI=1S/C32H31NO8/c1-18-29(20-8-10-23(36-2)21(14-20)17-34)30-22-15-27(39-5)28(40-6)16-25(22)41-32(35)31(30)33(18)12-11-19-7-9-24(37-3)26(13-19)38-4/h7-10,13-17H,11-12H2,1-6H3. The Balaban J connectivity index is 1.78. The van der Waals surface area contributed by atoms with Crippen molar-refractivity contribution in [2.45, 2.75) is 19.9 Å². The summed E-state index contributed by atoms with van der Waals surface area (Å²) in [6.07, 6.45) is 1.37. The predicted molar refractivity (Wildman–Crippen MR) is 156 cm³/mol. The van der Waals surface area contributed by atoms with Crippen LogP contribution in [-0.2, 0) is 13.0 Å². The fraction of sp³-hybridized carbons (Fsp3) is 0.250. The maximum atomic E-state index is 13.6. The van der Waals surface area contributed by atoms with Gasteiger partial charge in [0.15, 0.2) is 29.3 Å². The fourth-order valence-corrected chi connectivity index (χ4v) is 5.39. The van der Waals surface area contributed by atoms with Crippen molar-refractivity contribution in [1.29, 1.82) is 0 Å². The zero-order valence-electron chi connectivity index (χ0n) is 23.8. The average molecular weight is 558 g/mol. The normalized spacial score (nSPS) is 11.1. The number of ether oxygens (including phenoxy) is 5. The number of fused-ring (bicyclic) bond motifs is 3. The minimum atomic E-state index is -0.481. The van der Waals surface area contributed by atoms with Gasteiger partial charge < -0.3 is 32.7 Å². The Morgan fingerprint density at radius 2 is 1.41 bits per heavy atom. The minimum Gasteiger partial charge on any atom is -0.496 e. The summed E-state index contributed by atoms with van der Waals surface area (Å²) in [6.45, 7) is 2.44. The lowest BCUT2D eigenvalue weighted by molar-refractivity contribution is 0.112. The van der Waals surface area contributed by atoms with Gasteiger partial charge >= 0.3 is 5.63 Å². The van der Waals surface area contributed by atoms with Gasteiger partial charge in [0, 0.05) is 34.6 Å². The monoisotopic (exact) mass is 557 g/mol. The molecule has 5 aromatic rings. The third-order valence-corrected chi connectivity index (χ3v) is 7.39. The van der Waals surface area contributed by atoms with E-state index in [4.69, 9.17) is 28.1 Å². The number of hydrogen-bond acceptors (Lipinski definition) is 8. The van der Waals surface area contributed by atoms with Gasteiger partial charge in [0.05, 0.1) is 41.1 Å². The number of carbonyl (C=O) groups is 1. The smallest absolute Gasteiger partial charge is 0.361 e. The highest BCUT2D eigenvalue weighted by Gasteiger charge is 2.24. The van der Waals surface area contributed by atoms with Crippen molar-refractivity contribution >= 4 is 28.2 Å². The maximum Gasteiger partial charge on any atom is 0.361 e. The molecule has 2 aromatic heterocycles. The van der Waals surface area contributed by atoms with Gasteiger partial charge in [0.2, 0.25) is 0 Å². The molecule has 3 aromatic carbocycles. The molecule has 0 saturated carbocycles. The average Bonchev–Trinajstić information content (AvgIpc) is 3.30. The van der Waals surface area contributed by atoms with Crippen molar-refractivity contribution in [3.63, 3.8) is 0 Å². The Hall–Kier alpha value is -4.92. The van der Waals surface area contributed by atoms with Crippen LogP contribution in [0, 0.1) is 6.92 Å². The lowest BCUT2D eigenvalue weighted by Crippen LogP contribution is -2.10. The number of aromatic nitrogens is 1. The van der Waals surface area contributed by atoms with Gasteiger partial charge in [-0.15, -0.1) is 0 Å². The summed E-state index contributed by atoms with van der Waals surface area (Å²) in [7, 11) is 7.79. The number of nitrogens with zero attached hydrogens (tertiary/aromatic N) is 1. The van der Waals surface area contributed by atoms with Gasteiger partial charge in [-0.05, 0) is 54.8 Å². The Bertz CT molecular complexity index is 1830. The molecule has 5 rings (SSSR count). The molecule has 0 N–H and O–H groups in total. The molecule has 0 aliphatic rings. The molecule has 0 fully saturated rings. The number of aryl methyl sites for hydroxylation is 2. The first kappa shape index (κ1) is 27.6. The van der Waals surface area contributed by atoms with Crippen molar-refractivity contribution < 1.29 is 32.9 Å². The topological polar surface area (TPSA) is 98.4 Å². The summed E-state index contributed by atoms with van der Waals surface area (Å²) in [5.41, 5.74) is 4.13. The van der Waals surface area contributed by atoms with E-state index in [-0.39, 0.29) is 0 Å². The molecule has 9 heteroatoms. The van der Waals surface area contributed by atoms with Crippen LogP contribution in [-0.4, -0.2) is 46.4 Å². The number of aldehydes is 1.